The molecule has 0 N–H and O–H groups in total. The van der Waals surface area contributed by atoms with Gasteiger partial charge in [0, 0.05) is 12.5 Å². The molecule has 0 aliphatic carbocycles. The summed E-state index contributed by atoms with van der Waals surface area (Å²) in [4.78, 5) is 10.2. The highest BCUT2D eigenvalue weighted by molar-refractivity contribution is 6.29. The summed E-state index contributed by atoms with van der Waals surface area (Å²) in [7, 11) is 0. The van der Waals surface area contributed by atoms with Crippen molar-refractivity contribution in [3.63, 3.8) is 0 Å². The van der Waals surface area contributed by atoms with Crippen molar-refractivity contribution >= 4 is 17.4 Å². The van der Waals surface area contributed by atoms with E-state index in [1.807, 2.05) is 0 Å². The number of aromatic nitrogens is 2. The van der Waals surface area contributed by atoms with Crippen LogP contribution >= 0.6 is 11.6 Å². The van der Waals surface area contributed by atoms with Gasteiger partial charge in [0.25, 0.3) is 0 Å². The van der Waals surface area contributed by atoms with E-state index in [0.29, 0.717) is 25.7 Å². The van der Waals surface area contributed by atoms with Gasteiger partial charge in [-0.2, -0.15) is 0 Å². The van der Waals surface area contributed by atoms with Gasteiger partial charge in [0.1, 0.15) is 6.54 Å². The molecule has 1 aliphatic rings. The molecule has 1 atom stereocenters. The van der Waals surface area contributed by atoms with Crippen LogP contribution in [0.4, 0.5) is 5.82 Å². The van der Waals surface area contributed by atoms with Crippen LogP contribution in [0.2, 0.25) is 5.15 Å². The molecule has 2 heterocycles. The van der Waals surface area contributed by atoms with Gasteiger partial charge in [0.2, 0.25) is 0 Å². The number of halogens is 1. The van der Waals surface area contributed by atoms with Crippen LogP contribution in [0, 0.1) is 16.0 Å². The Kier molecular flexibility index (Phi) is 2.88. The summed E-state index contributed by atoms with van der Waals surface area (Å²) in [6, 6.07) is 1.26. The second-order valence-electron chi connectivity index (χ2n) is 3.49. The smallest absolute Gasteiger partial charge is 0.346 e. The molecule has 2 rings (SSSR count). The van der Waals surface area contributed by atoms with E-state index in [-0.39, 0.29) is 11.0 Å². The zero-order valence-electron chi connectivity index (χ0n) is 7.93. The zero-order chi connectivity index (χ0) is 10.8. The Morgan fingerprint density at radius 3 is 3.20 bits per heavy atom. The van der Waals surface area contributed by atoms with E-state index >= 15 is 0 Å². The molecule has 1 aromatic rings. The molecule has 1 saturated heterocycles. The maximum Gasteiger partial charge on any atom is 0.346 e. The van der Waals surface area contributed by atoms with Crippen LogP contribution in [-0.2, 0) is 11.3 Å². The average Bonchev–Trinajstić information content (AvgIpc) is 2.75. The Balaban J connectivity index is 2.15. The van der Waals surface area contributed by atoms with Gasteiger partial charge in [-0.3, -0.25) is 0 Å². The first-order valence-corrected chi connectivity index (χ1v) is 5.00. The normalized spacial score (nSPS) is 20.7. The molecule has 15 heavy (non-hydrogen) atoms. The van der Waals surface area contributed by atoms with Crippen molar-refractivity contribution in [2.45, 2.75) is 13.0 Å². The molecule has 6 nitrogen and oxygen atoms in total. The minimum Gasteiger partial charge on any atom is -0.381 e. The topological polar surface area (TPSA) is 70.2 Å². The minimum atomic E-state index is -0.477. The van der Waals surface area contributed by atoms with Crippen molar-refractivity contribution in [3.8, 4) is 0 Å². The SMILES string of the molecule is O=[N+]([O-])c1cc(Cl)nn1C[C@@H]1CCOC1. The fourth-order valence-corrected chi connectivity index (χ4v) is 1.82. The van der Waals surface area contributed by atoms with Gasteiger partial charge in [-0.05, 0) is 11.3 Å². The molecular formula is C8H10ClN3O3. The van der Waals surface area contributed by atoms with Crippen molar-refractivity contribution in [3.05, 3.63) is 21.3 Å². The monoisotopic (exact) mass is 231 g/mol. The minimum absolute atomic E-state index is 0.0631. The van der Waals surface area contributed by atoms with Crippen LogP contribution in [0.1, 0.15) is 6.42 Å². The predicted molar refractivity (Wildman–Crippen MR) is 52.8 cm³/mol. The molecule has 0 bridgehead atoms. The third kappa shape index (κ3) is 2.27. The number of nitro groups is 1. The first kappa shape index (κ1) is 10.4. The van der Waals surface area contributed by atoms with E-state index in [4.69, 9.17) is 16.3 Å². The van der Waals surface area contributed by atoms with Crippen molar-refractivity contribution < 1.29 is 9.66 Å². The first-order chi connectivity index (χ1) is 7.16. The largest absolute Gasteiger partial charge is 0.381 e. The van der Waals surface area contributed by atoms with Crippen LogP contribution in [0.3, 0.4) is 0 Å². The molecule has 0 aromatic carbocycles. The third-order valence-electron chi connectivity index (χ3n) is 2.37. The van der Waals surface area contributed by atoms with E-state index < -0.39 is 4.92 Å². The zero-order valence-corrected chi connectivity index (χ0v) is 8.68. The van der Waals surface area contributed by atoms with E-state index in [1.54, 1.807) is 0 Å². The Bertz CT molecular complexity index is 373. The molecule has 0 amide bonds. The number of hydrogen-bond donors (Lipinski definition) is 0. The van der Waals surface area contributed by atoms with Gasteiger partial charge < -0.3 is 14.9 Å². The number of nitrogens with zero attached hydrogens (tertiary/aromatic N) is 3. The highest BCUT2D eigenvalue weighted by Gasteiger charge is 2.24. The summed E-state index contributed by atoms with van der Waals surface area (Å²) in [5.74, 6) is 0.228. The lowest BCUT2D eigenvalue weighted by Crippen LogP contribution is -2.13. The molecule has 7 heteroatoms. The summed E-state index contributed by atoms with van der Waals surface area (Å²) in [6.07, 6.45) is 0.911. The first-order valence-electron chi connectivity index (χ1n) is 4.62. The summed E-state index contributed by atoms with van der Waals surface area (Å²) in [6.45, 7) is 1.84. The molecule has 0 radical (unpaired) electrons. The third-order valence-corrected chi connectivity index (χ3v) is 2.56. The predicted octanol–water partition coefficient (Wildman–Crippen LogP) is 1.48. The molecule has 1 aromatic heterocycles. The molecule has 0 unspecified atom stereocenters. The second kappa shape index (κ2) is 4.16. The Labute approximate surface area is 90.9 Å². The van der Waals surface area contributed by atoms with Gasteiger partial charge in [-0.15, -0.1) is 4.68 Å². The van der Waals surface area contributed by atoms with Crippen molar-refractivity contribution in [2.75, 3.05) is 13.2 Å². The second-order valence-corrected chi connectivity index (χ2v) is 3.88. The maximum atomic E-state index is 10.7. The van der Waals surface area contributed by atoms with E-state index in [9.17, 15) is 10.1 Å². The molecule has 82 valence electrons. The van der Waals surface area contributed by atoms with Gasteiger partial charge in [0.05, 0.1) is 12.7 Å². The van der Waals surface area contributed by atoms with E-state index in [2.05, 4.69) is 5.10 Å². The van der Waals surface area contributed by atoms with Gasteiger partial charge in [0.15, 0.2) is 5.15 Å². The fourth-order valence-electron chi connectivity index (χ4n) is 1.63. The van der Waals surface area contributed by atoms with Crippen LogP contribution in [0.5, 0.6) is 0 Å². The van der Waals surface area contributed by atoms with Crippen molar-refractivity contribution in [2.24, 2.45) is 5.92 Å². The fraction of sp³-hybridized carbons (Fsp3) is 0.625. The average molecular weight is 232 g/mol. The summed E-state index contributed by atoms with van der Waals surface area (Å²) >= 11 is 5.63. The summed E-state index contributed by atoms with van der Waals surface area (Å²) in [5, 5.41) is 14.7. The lowest BCUT2D eigenvalue weighted by Gasteiger charge is -2.03. The van der Waals surface area contributed by atoms with E-state index in [1.165, 1.54) is 10.7 Å². The molecule has 0 saturated carbocycles. The van der Waals surface area contributed by atoms with Crippen molar-refractivity contribution in [1.29, 1.82) is 0 Å². The summed E-state index contributed by atoms with van der Waals surface area (Å²) < 4.78 is 6.53. The Morgan fingerprint density at radius 2 is 2.60 bits per heavy atom. The maximum absolute atomic E-state index is 10.7. The number of ether oxygens (including phenoxy) is 1. The lowest BCUT2D eigenvalue weighted by atomic mass is 10.1. The molecule has 1 aliphatic heterocycles. The lowest BCUT2D eigenvalue weighted by molar-refractivity contribution is -0.392. The Morgan fingerprint density at radius 1 is 1.80 bits per heavy atom. The quantitative estimate of drug-likeness (QED) is 0.584. The van der Waals surface area contributed by atoms with Crippen molar-refractivity contribution in [1.82, 2.24) is 9.78 Å². The van der Waals surface area contributed by atoms with Crippen LogP contribution in [0.25, 0.3) is 0 Å². The van der Waals surface area contributed by atoms with Crippen LogP contribution in [0.15, 0.2) is 6.07 Å². The number of hydrogen-bond acceptors (Lipinski definition) is 4. The van der Waals surface area contributed by atoms with E-state index in [0.717, 1.165) is 6.42 Å². The molecule has 1 fully saturated rings. The number of rotatable bonds is 3. The Hall–Kier alpha value is -1.14. The standard InChI is InChI=1S/C8H10ClN3O3/c9-7-3-8(12(13)14)11(10-7)4-6-1-2-15-5-6/h3,6H,1-2,4-5H2/t6-/m0/s1. The highest BCUT2D eigenvalue weighted by Crippen LogP contribution is 2.21. The van der Waals surface area contributed by atoms with Gasteiger partial charge in [-0.25, -0.2) is 0 Å². The molecule has 0 spiro atoms. The van der Waals surface area contributed by atoms with Crippen LogP contribution < -0.4 is 0 Å². The van der Waals surface area contributed by atoms with Gasteiger partial charge in [-0.1, -0.05) is 16.7 Å². The summed E-state index contributed by atoms with van der Waals surface area (Å²) in [5.41, 5.74) is 0. The van der Waals surface area contributed by atoms with Gasteiger partial charge >= 0.3 is 5.82 Å². The highest BCUT2D eigenvalue weighted by atomic mass is 35.5. The van der Waals surface area contributed by atoms with Crippen LogP contribution in [-0.4, -0.2) is 27.9 Å². The molecular weight excluding hydrogens is 222 g/mol.